The molecule has 1 aromatic rings. The molecule has 1 aromatic carbocycles. The zero-order valence-electron chi connectivity index (χ0n) is 10.4. The van der Waals surface area contributed by atoms with Crippen LogP contribution in [-0.2, 0) is 0 Å². The highest BCUT2D eigenvalue weighted by Crippen LogP contribution is 2.22. The molecule has 1 aliphatic rings. The first kappa shape index (κ1) is 12.9. The van der Waals surface area contributed by atoms with E-state index in [1.807, 2.05) is 0 Å². The van der Waals surface area contributed by atoms with E-state index < -0.39 is 11.8 Å². The molecule has 0 unspecified atom stereocenters. The van der Waals surface area contributed by atoms with Crippen molar-refractivity contribution >= 4 is 11.7 Å². The van der Waals surface area contributed by atoms with Gasteiger partial charge in [-0.05, 0) is 31.0 Å². The van der Waals surface area contributed by atoms with Gasteiger partial charge in [0.25, 0.3) is 0 Å². The molecule has 0 aromatic heterocycles. The summed E-state index contributed by atoms with van der Waals surface area (Å²) in [6.45, 7) is 1.84. The number of carboxylic acids is 1. The number of rotatable bonds is 2. The van der Waals surface area contributed by atoms with Crippen molar-refractivity contribution in [2.24, 2.45) is 0 Å². The van der Waals surface area contributed by atoms with Gasteiger partial charge in [0.1, 0.15) is 5.82 Å². The van der Waals surface area contributed by atoms with Gasteiger partial charge in [-0.1, -0.05) is 19.3 Å². The van der Waals surface area contributed by atoms with Crippen molar-refractivity contribution in [2.45, 2.75) is 32.1 Å². The van der Waals surface area contributed by atoms with Gasteiger partial charge in [0.05, 0.1) is 5.56 Å². The number of halogens is 1. The highest BCUT2D eigenvalue weighted by molar-refractivity contribution is 5.88. The Morgan fingerprint density at radius 1 is 1.11 bits per heavy atom. The molecule has 0 radical (unpaired) electrons. The Balaban J connectivity index is 2.16. The Kier molecular flexibility index (Phi) is 4.18. The first-order chi connectivity index (χ1) is 8.68. The van der Waals surface area contributed by atoms with E-state index in [4.69, 9.17) is 5.11 Å². The van der Waals surface area contributed by atoms with Gasteiger partial charge >= 0.3 is 5.97 Å². The molecular formula is C14H18FNO2. The van der Waals surface area contributed by atoms with Gasteiger partial charge in [0, 0.05) is 18.8 Å². The van der Waals surface area contributed by atoms with Crippen LogP contribution in [-0.4, -0.2) is 24.2 Å². The van der Waals surface area contributed by atoms with E-state index in [1.165, 1.54) is 31.4 Å². The van der Waals surface area contributed by atoms with Crippen molar-refractivity contribution < 1.29 is 14.3 Å². The highest BCUT2D eigenvalue weighted by atomic mass is 19.1. The van der Waals surface area contributed by atoms with Gasteiger partial charge < -0.3 is 10.0 Å². The monoisotopic (exact) mass is 251 g/mol. The van der Waals surface area contributed by atoms with E-state index in [9.17, 15) is 9.18 Å². The lowest BCUT2D eigenvalue weighted by molar-refractivity contribution is 0.0692. The Morgan fingerprint density at radius 3 is 2.28 bits per heavy atom. The number of hydrogen-bond acceptors (Lipinski definition) is 2. The first-order valence-electron chi connectivity index (χ1n) is 6.46. The molecule has 0 spiro atoms. The SMILES string of the molecule is O=C(O)c1ccc(N2CCCCCCC2)cc1F. The molecule has 0 bridgehead atoms. The third kappa shape index (κ3) is 3.00. The molecule has 1 heterocycles. The molecule has 0 saturated carbocycles. The maximum Gasteiger partial charge on any atom is 0.338 e. The summed E-state index contributed by atoms with van der Waals surface area (Å²) in [5.41, 5.74) is 0.533. The van der Waals surface area contributed by atoms with Crippen LogP contribution in [0.25, 0.3) is 0 Å². The molecule has 1 fully saturated rings. The zero-order chi connectivity index (χ0) is 13.0. The summed E-state index contributed by atoms with van der Waals surface area (Å²) >= 11 is 0. The average molecular weight is 251 g/mol. The van der Waals surface area contributed by atoms with Crippen LogP contribution in [0.3, 0.4) is 0 Å². The van der Waals surface area contributed by atoms with Gasteiger partial charge in [-0.2, -0.15) is 0 Å². The summed E-state index contributed by atoms with van der Waals surface area (Å²) in [7, 11) is 0. The number of aromatic carboxylic acids is 1. The van der Waals surface area contributed by atoms with Crippen LogP contribution < -0.4 is 4.90 Å². The van der Waals surface area contributed by atoms with Crippen LogP contribution in [0, 0.1) is 5.82 Å². The van der Waals surface area contributed by atoms with Crippen LogP contribution >= 0.6 is 0 Å². The van der Waals surface area contributed by atoms with Gasteiger partial charge in [-0.15, -0.1) is 0 Å². The number of anilines is 1. The molecule has 1 saturated heterocycles. The summed E-state index contributed by atoms with van der Waals surface area (Å²) in [5, 5.41) is 8.80. The Morgan fingerprint density at radius 2 is 1.72 bits per heavy atom. The van der Waals surface area contributed by atoms with Crippen molar-refractivity contribution in [3.63, 3.8) is 0 Å². The molecule has 0 aliphatic carbocycles. The molecule has 2 rings (SSSR count). The molecule has 98 valence electrons. The minimum absolute atomic E-state index is 0.259. The lowest BCUT2D eigenvalue weighted by Gasteiger charge is -2.27. The second-order valence-corrected chi connectivity index (χ2v) is 4.72. The fourth-order valence-electron chi connectivity index (χ4n) is 2.38. The largest absolute Gasteiger partial charge is 0.478 e. The summed E-state index contributed by atoms with van der Waals surface area (Å²) < 4.78 is 13.6. The topological polar surface area (TPSA) is 40.5 Å². The van der Waals surface area contributed by atoms with Crippen molar-refractivity contribution in [3.05, 3.63) is 29.6 Å². The van der Waals surface area contributed by atoms with E-state index >= 15 is 0 Å². The quantitative estimate of drug-likeness (QED) is 0.876. The van der Waals surface area contributed by atoms with Gasteiger partial charge in [-0.3, -0.25) is 0 Å². The number of benzene rings is 1. The predicted octanol–water partition coefficient (Wildman–Crippen LogP) is 3.29. The minimum Gasteiger partial charge on any atom is -0.478 e. The van der Waals surface area contributed by atoms with Gasteiger partial charge in [0.2, 0.25) is 0 Å². The number of hydrogen-bond donors (Lipinski definition) is 1. The zero-order valence-corrected chi connectivity index (χ0v) is 10.4. The number of carboxylic acid groups (broad SMARTS) is 1. The lowest BCUT2D eigenvalue weighted by atomic mass is 10.1. The summed E-state index contributed by atoms with van der Waals surface area (Å²) in [6.07, 6.45) is 5.93. The first-order valence-corrected chi connectivity index (χ1v) is 6.46. The maximum atomic E-state index is 13.6. The Hall–Kier alpha value is -1.58. The highest BCUT2D eigenvalue weighted by Gasteiger charge is 2.14. The average Bonchev–Trinajstić information content (AvgIpc) is 2.27. The number of nitrogens with zero attached hydrogens (tertiary/aromatic N) is 1. The second-order valence-electron chi connectivity index (χ2n) is 4.72. The van der Waals surface area contributed by atoms with Crippen LogP contribution in [0.1, 0.15) is 42.5 Å². The fraction of sp³-hybridized carbons (Fsp3) is 0.500. The fourth-order valence-corrected chi connectivity index (χ4v) is 2.38. The Labute approximate surface area is 106 Å². The van der Waals surface area contributed by atoms with Gasteiger partial charge in [0.15, 0.2) is 0 Å². The van der Waals surface area contributed by atoms with E-state index in [0.29, 0.717) is 0 Å². The van der Waals surface area contributed by atoms with Crippen LogP contribution in [0.4, 0.5) is 10.1 Å². The predicted molar refractivity (Wildman–Crippen MR) is 68.7 cm³/mol. The van der Waals surface area contributed by atoms with Crippen molar-refractivity contribution in [1.82, 2.24) is 0 Å². The van der Waals surface area contributed by atoms with Crippen molar-refractivity contribution in [1.29, 1.82) is 0 Å². The minimum atomic E-state index is -1.22. The second kappa shape index (κ2) is 5.85. The Bertz CT molecular complexity index is 426. The van der Waals surface area contributed by atoms with Crippen molar-refractivity contribution in [3.8, 4) is 0 Å². The van der Waals surface area contributed by atoms with Crippen LogP contribution in [0.15, 0.2) is 18.2 Å². The molecule has 0 amide bonds. The smallest absolute Gasteiger partial charge is 0.338 e. The molecule has 1 aliphatic heterocycles. The number of carbonyl (C=O) groups is 1. The van der Waals surface area contributed by atoms with Crippen molar-refractivity contribution in [2.75, 3.05) is 18.0 Å². The van der Waals surface area contributed by atoms with Crippen LogP contribution in [0.2, 0.25) is 0 Å². The van der Waals surface area contributed by atoms with E-state index in [1.54, 1.807) is 6.07 Å². The van der Waals surface area contributed by atoms with E-state index in [0.717, 1.165) is 31.6 Å². The third-order valence-corrected chi connectivity index (χ3v) is 3.40. The maximum absolute atomic E-state index is 13.6. The van der Waals surface area contributed by atoms with E-state index in [2.05, 4.69) is 4.90 Å². The molecule has 1 N–H and O–H groups in total. The molecule has 4 heteroatoms. The normalized spacial score (nSPS) is 17.1. The van der Waals surface area contributed by atoms with E-state index in [-0.39, 0.29) is 5.56 Å². The standard InChI is InChI=1S/C14H18FNO2/c15-13-10-11(6-7-12(13)14(17)18)16-8-4-2-1-3-5-9-16/h6-7,10H,1-5,8-9H2,(H,17,18). The third-order valence-electron chi connectivity index (χ3n) is 3.40. The molecule has 0 atom stereocenters. The molecular weight excluding hydrogens is 233 g/mol. The molecule has 3 nitrogen and oxygen atoms in total. The lowest BCUT2D eigenvalue weighted by Crippen LogP contribution is -2.27. The summed E-state index contributed by atoms with van der Waals surface area (Å²) in [4.78, 5) is 12.9. The molecule has 18 heavy (non-hydrogen) atoms. The summed E-state index contributed by atoms with van der Waals surface area (Å²) in [5.74, 6) is -1.87. The van der Waals surface area contributed by atoms with Gasteiger partial charge in [-0.25, -0.2) is 9.18 Å². The summed E-state index contributed by atoms with van der Waals surface area (Å²) in [6, 6.07) is 4.39. The van der Waals surface area contributed by atoms with Crippen LogP contribution in [0.5, 0.6) is 0 Å².